The molecule has 1 aromatic rings. The van der Waals surface area contributed by atoms with Gasteiger partial charge < -0.3 is 9.67 Å². The van der Waals surface area contributed by atoms with Crippen LogP contribution in [0.15, 0.2) is 6.33 Å². The molecule has 2 atom stereocenters. The molecule has 0 spiro atoms. The van der Waals surface area contributed by atoms with Gasteiger partial charge in [-0.1, -0.05) is 0 Å². The van der Waals surface area contributed by atoms with Crippen molar-refractivity contribution in [1.29, 1.82) is 0 Å². The molecule has 6 heteroatoms. The van der Waals surface area contributed by atoms with Crippen molar-refractivity contribution in [2.24, 2.45) is 0 Å². The van der Waals surface area contributed by atoms with Crippen molar-refractivity contribution in [3.63, 3.8) is 0 Å². The second kappa shape index (κ2) is 4.48. The van der Waals surface area contributed by atoms with Gasteiger partial charge in [0.1, 0.15) is 12.9 Å². The first-order chi connectivity index (χ1) is 6.15. The van der Waals surface area contributed by atoms with E-state index in [9.17, 15) is 4.21 Å². The minimum atomic E-state index is -0.863. The Labute approximate surface area is 79.3 Å². The minimum absolute atomic E-state index is 0.0429. The van der Waals surface area contributed by atoms with Crippen molar-refractivity contribution in [2.75, 3.05) is 6.26 Å². The monoisotopic (exact) mass is 203 g/mol. The summed E-state index contributed by atoms with van der Waals surface area (Å²) >= 11 is 0. The van der Waals surface area contributed by atoms with E-state index < -0.39 is 10.8 Å². The number of aliphatic hydroxyl groups excluding tert-OH is 1. The van der Waals surface area contributed by atoms with Crippen LogP contribution in [0.2, 0.25) is 0 Å². The summed E-state index contributed by atoms with van der Waals surface area (Å²) in [5.74, 6) is 0.511. The number of hydrogen-bond acceptors (Lipinski definition) is 4. The first kappa shape index (κ1) is 10.3. The number of aliphatic hydroxyl groups is 1. The van der Waals surface area contributed by atoms with E-state index in [2.05, 4.69) is 10.2 Å². The molecule has 1 aromatic heterocycles. The molecule has 0 amide bonds. The Morgan fingerprint density at radius 2 is 2.46 bits per heavy atom. The number of nitrogens with zero attached hydrogens (tertiary/aromatic N) is 3. The lowest BCUT2D eigenvalue weighted by Crippen LogP contribution is -2.18. The SMILES string of the molecule is CC(Cn1cnnc1CO)S(C)=O. The molecular weight excluding hydrogens is 190 g/mol. The van der Waals surface area contributed by atoms with E-state index in [0.29, 0.717) is 12.4 Å². The Morgan fingerprint density at radius 3 is 3.00 bits per heavy atom. The fourth-order valence-electron chi connectivity index (χ4n) is 0.936. The van der Waals surface area contributed by atoms with Crippen LogP contribution >= 0.6 is 0 Å². The van der Waals surface area contributed by atoms with Gasteiger partial charge in [0.05, 0.1) is 0 Å². The molecule has 74 valence electrons. The van der Waals surface area contributed by atoms with E-state index in [-0.39, 0.29) is 11.9 Å². The molecule has 13 heavy (non-hydrogen) atoms. The van der Waals surface area contributed by atoms with Crippen LogP contribution in [0.25, 0.3) is 0 Å². The molecule has 0 saturated heterocycles. The third kappa shape index (κ3) is 2.60. The van der Waals surface area contributed by atoms with Crippen molar-refractivity contribution >= 4 is 10.8 Å². The second-order valence-corrected chi connectivity index (χ2v) is 4.67. The fraction of sp³-hybridized carbons (Fsp3) is 0.714. The normalized spacial score (nSPS) is 15.6. The van der Waals surface area contributed by atoms with Crippen molar-refractivity contribution in [3.05, 3.63) is 12.2 Å². The van der Waals surface area contributed by atoms with Crippen LogP contribution in [0.1, 0.15) is 12.7 Å². The highest BCUT2D eigenvalue weighted by atomic mass is 32.2. The Bertz CT molecular complexity index is 300. The summed E-state index contributed by atoms with van der Waals surface area (Å²) in [5.41, 5.74) is 0. The van der Waals surface area contributed by atoms with Gasteiger partial charge in [0, 0.05) is 28.9 Å². The van der Waals surface area contributed by atoms with Gasteiger partial charge in [-0.25, -0.2) is 0 Å². The van der Waals surface area contributed by atoms with Gasteiger partial charge in [-0.2, -0.15) is 0 Å². The lowest BCUT2D eigenvalue weighted by atomic mass is 10.4. The molecule has 0 bridgehead atoms. The summed E-state index contributed by atoms with van der Waals surface area (Å²) in [6, 6.07) is 0. The predicted octanol–water partition coefficient (Wildman–Crippen LogP) is -0.463. The molecule has 1 rings (SSSR count). The third-order valence-electron chi connectivity index (χ3n) is 1.86. The van der Waals surface area contributed by atoms with Crippen molar-refractivity contribution < 1.29 is 9.32 Å². The molecule has 0 aromatic carbocycles. The second-order valence-electron chi connectivity index (χ2n) is 2.87. The van der Waals surface area contributed by atoms with Gasteiger partial charge in [0.2, 0.25) is 0 Å². The summed E-state index contributed by atoms with van der Waals surface area (Å²) in [7, 11) is -0.863. The van der Waals surface area contributed by atoms with E-state index in [1.807, 2.05) is 6.92 Å². The van der Waals surface area contributed by atoms with Gasteiger partial charge >= 0.3 is 0 Å². The van der Waals surface area contributed by atoms with Crippen LogP contribution in [-0.4, -0.2) is 35.6 Å². The topological polar surface area (TPSA) is 68.0 Å². The molecule has 0 aliphatic heterocycles. The molecule has 0 fully saturated rings. The lowest BCUT2D eigenvalue weighted by molar-refractivity contribution is 0.264. The van der Waals surface area contributed by atoms with E-state index in [1.54, 1.807) is 10.8 Å². The number of aromatic nitrogens is 3. The standard InChI is InChI=1S/C7H13N3O2S/c1-6(13(2)12)3-10-5-8-9-7(10)4-11/h5-6,11H,3-4H2,1-2H3. The zero-order valence-electron chi connectivity index (χ0n) is 7.67. The number of rotatable bonds is 4. The van der Waals surface area contributed by atoms with Crippen LogP contribution in [-0.2, 0) is 24.0 Å². The zero-order chi connectivity index (χ0) is 9.84. The van der Waals surface area contributed by atoms with Gasteiger partial charge in [-0.15, -0.1) is 10.2 Å². The molecule has 0 radical (unpaired) electrons. The van der Waals surface area contributed by atoms with Crippen LogP contribution in [0, 0.1) is 0 Å². The van der Waals surface area contributed by atoms with Crippen molar-refractivity contribution in [1.82, 2.24) is 14.8 Å². The maximum atomic E-state index is 11.1. The summed E-state index contributed by atoms with van der Waals surface area (Å²) < 4.78 is 12.8. The summed E-state index contributed by atoms with van der Waals surface area (Å²) in [5, 5.41) is 16.3. The third-order valence-corrected chi connectivity index (χ3v) is 3.14. The Morgan fingerprint density at radius 1 is 1.77 bits per heavy atom. The highest BCUT2D eigenvalue weighted by Crippen LogP contribution is 2.01. The largest absolute Gasteiger partial charge is 0.388 e. The van der Waals surface area contributed by atoms with Gasteiger partial charge in [0.25, 0.3) is 0 Å². The smallest absolute Gasteiger partial charge is 0.158 e. The van der Waals surface area contributed by atoms with Crippen LogP contribution in [0.5, 0.6) is 0 Å². The Balaban J connectivity index is 2.68. The Kier molecular flexibility index (Phi) is 3.56. The average Bonchev–Trinajstić information content (AvgIpc) is 2.51. The highest BCUT2D eigenvalue weighted by Gasteiger charge is 2.09. The summed E-state index contributed by atoms with van der Waals surface area (Å²) in [6.45, 7) is 2.33. The average molecular weight is 203 g/mol. The molecule has 0 aliphatic carbocycles. The lowest BCUT2D eigenvalue weighted by Gasteiger charge is -2.09. The van der Waals surface area contributed by atoms with Crippen LogP contribution < -0.4 is 0 Å². The molecular formula is C7H13N3O2S. The highest BCUT2D eigenvalue weighted by molar-refractivity contribution is 7.84. The van der Waals surface area contributed by atoms with E-state index >= 15 is 0 Å². The first-order valence-electron chi connectivity index (χ1n) is 3.95. The van der Waals surface area contributed by atoms with Crippen molar-refractivity contribution in [2.45, 2.75) is 25.3 Å². The molecule has 0 aliphatic rings. The van der Waals surface area contributed by atoms with Crippen molar-refractivity contribution in [3.8, 4) is 0 Å². The van der Waals surface area contributed by atoms with Crippen LogP contribution in [0.3, 0.4) is 0 Å². The molecule has 1 heterocycles. The predicted molar refractivity (Wildman–Crippen MR) is 49.5 cm³/mol. The maximum absolute atomic E-state index is 11.1. The quantitative estimate of drug-likeness (QED) is 0.719. The summed E-state index contributed by atoms with van der Waals surface area (Å²) in [4.78, 5) is 0. The van der Waals surface area contributed by atoms with Gasteiger partial charge in [0.15, 0.2) is 5.82 Å². The Hall–Kier alpha value is -0.750. The summed E-state index contributed by atoms with van der Waals surface area (Å²) in [6.07, 6.45) is 3.20. The first-order valence-corrected chi connectivity index (χ1v) is 5.57. The van der Waals surface area contributed by atoms with E-state index in [4.69, 9.17) is 5.11 Å². The minimum Gasteiger partial charge on any atom is -0.388 e. The van der Waals surface area contributed by atoms with E-state index in [1.165, 1.54) is 6.33 Å². The zero-order valence-corrected chi connectivity index (χ0v) is 8.49. The van der Waals surface area contributed by atoms with Crippen LogP contribution in [0.4, 0.5) is 0 Å². The fourth-order valence-corrected chi connectivity index (χ4v) is 1.31. The van der Waals surface area contributed by atoms with E-state index in [0.717, 1.165) is 0 Å². The van der Waals surface area contributed by atoms with Gasteiger partial charge in [-0.05, 0) is 6.92 Å². The van der Waals surface area contributed by atoms with Gasteiger partial charge in [-0.3, -0.25) is 4.21 Å². The molecule has 0 saturated carbocycles. The molecule has 2 unspecified atom stereocenters. The molecule has 5 nitrogen and oxygen atoms in total. The number of hydrogen-bond donors (Lipinski definition) is 1. The maximum Gasteiger partial charge on any atom is 0.158 e. The molecule has 1 N–H and O–H groups in total.